The molecule has 1 amide bonds. The first-order valence-corrected chi connectivity index (χ1v) is 5.79. The number of carbonyl (C=O) groups excluding carboxylic acids is 1. The summed E-state index contributed by atoms with van der Waals surface area (Å²) in [6.07, 6.45) is 0. The fraction of sp³-hybridized carbons (Fsp3) is 0.462. The predicted molar refractivity (Wildman–Crippen MR) is 67.8 cm³/mol. The summed E-state index contributed by atoms with van der Waals surface area (Å²) in [5, 5.41) is 19.0. The molecule has 100 valence electrons. The van der Waals surface area contributed by atoms with E-state index >= 15 is 0 Å². The van der Waals surface area contributed by atoms with Crippen molar-refractivity contribution in [2.24, 2.45) is 0 Å². The maximum absolute atomic E-state index is 12.3. The normalized spacial score (nSPS) is 10.7. The molecule has 0 aromatic heterocycles. The second-order valence-corrected chi connectivity index (χ2v) is 4.29. The first-order chi connectivity index (χ1) is 8.47. The van der Waals surface area contributed by atoms with E-state index in [1.54, 1.807) is 12.0 Å². The Balaban J connectivity index is 2.98. The Hall–Kier alpha value is -1.75. The van der Waals surface area contributed by atoms with Crippen molar-refractivity contribution in [2.75, 3.05) is 20.3 Å². The number of hydrogen-bond acceptors (Lipinski definition) is 4. The molecule has 1 aromatic rings. The van der Waals surface area contributed by atoms with Crippen LogP contribution in [-0.4, -0.2) is 47.3 Å². The quantitative estimate of drug-likeness (QED) is 0.782. The number of benzene rings is 1. The summed E-state index contributed by atoms with van der Waals surface area (Å²) in [5.41, 5.74) is 0.0970. The van der Waals surface area contributed by atoms with Gasteiger partial charge >= 0.3 is 0 Å². The van der Waals surface area contributed by atoms with E-state index < -0.39 is 0 Å². The highest BCUT2D eigenvalue weighted by Crippen LogP contribution is 2.24. The topological polar surface area (TPSA) is 70.0 Å². The summed E-state index contributed by atoms with van der Waals surface area (Å²) in [6, 6.07) is 3.88. The summed E-state index contributed by atoms with van der Waals surface area (Å²) in [5.74, 6) is -0.511. The van der Waals surface area contributed by atoms with Crippen LogP contribution in [0, 0.1) is 0 Å². The molecule has 0 aliphatic carbocycles. The van der Waals surface area contributed by atoms with Crippen molar-refractivity contribution in [3.8, 4) is 11.5 Å². The van der Waals surface area contributed by atoms with E-state index in [0.717, 1.165) is 0 Å². The zero-order chi connectivity index (χ0) is 13.7. The van der Waals surface area contributed by atoms with Gasteiger partial charge in [0.25, 0.3) is 5.91 Å². The van der Waals surface area contributed by atoms with Gasteiger partial charge in [-0.1, -0.05) is 0 Å². The third-order valence-electron chi connectivity index (χ3n) is 2.63. The molecule has 18 heavy (non-hydrogen) atoms. The Morgan fingerprint density at radius 2 is 2.06 bits per heavy atom. The van der Waals surface area contributed by atoms with E-state index in [9.17, 15) is 15.0 Å². The van der Waals surface area contributed by atoms with Gasteiger partial charge in [-0.15, -0.1) is 0 Å². The highest BCUT2D eigenvalue weighted by molar-refractivity contribution is 5.97. The van der Waals surface area contributed by atoms with Crippen LogP contribution in [0.15, 0.2) is 18.2 Å². The number of amides is 1. The van der Waals surface area contributed by atoms with Crippen LogP contribution >= 0.6 is 0 Å². The molecule has 0 aliphatic heterocycles. The molecule has 0 fully saturated rings. The highest BCUT2D eigenvalue weighted by Gasteiger charge is 2.21. The number of ether oxygens (including phenoxy) is 1. The number of rotatable bonds is 5. The van der Waals surface area contributed by atoms with Crippen LogP contribution in [-0.2, 0) is 4.74 Å². The Labute approximate surface area is 107 Å². The van der Waals surface area contributed by atoms with Crippen LogP contribution < -0.4 is 0 Å². The number of methoxy groups -OCH3 is 1. The molecule has 1 aromatic carbocycles. The lowest BCUT2D eigenvalue weighted by molar-refractivity contribution is 0.0631. The van der Waals surface area contributed by atoms with E-state index in [0.29, 0.717) is 13.2 Å². The zero-order valence-corrected chi connectivity index (χ0v) is 10.9. The minimum atomic E-state index is -0.324. The highest BCUT2D eigenvalue weighted by atomic mass is 16.5. The van der Waals surface area contributed by atoms with Gasteiger partial charge in [0.1, 0.15) is 11.5 Å². The van der Waals surface area contributed by atoms with Crippen LogP contribution in [0.4, 0.5) is 0 Å². The monoisotopic (exact) mass is 253 g/mol. The first-order valence-electron chi connectivity index (χ1n) is 5.79. The molecule has 0 bridgehead atoms. The van der Waals surface area contributed by atoms with Crippen molar-refractivity contribution >= 4 is 5.91 Å². The molecule has 0 aliphatic rings. The van der Waals surface area contributed by atoms with Gasteiger partial charge in [0, 0.05) is 19.7 Å². The smallest absolute Gasteiger partial charge is 0.258 e. The van der Waals surface area contributed by atoms with Crippen molar-refractivity contribution in [2.45, 2.75) is 19.9 Å². The van der Waals surface area contributed by atoms with Crippen LogP contribution in [0.5, 0.6) is 11.5 Å². The van der Waals surface area contributed by atoms with Gasteiger partial charge in [-0.25, -0.2) is 0 Å². The van der Waals surface area contributed by atoms with Gasteiger partial charge in [0.05, 0.1) is 12.2 Å². The number of hydrogen-bond donors (Lipinski definition) is 2. The standard InChI is InChI=1S/C13H19NO4/c1-9(2)14(6-7-18-3)13(17)11-8-10(15)4-5-12(11)16/h4-5,8-9,15-16H,6-7H2,1-3H3. The number of aromatic hydroxyl groups is 2. The van der Waals surface area contributed by atoms with Crippen molar-refractivity contribution in [3.05, 3.63) is 23.8 Å². The fourth-order valence-electron chi connectivity index (χ4n) is 1.63. The molecule has 0 unspecified atom stereocenters. The Kier molecular flexibility index (Phi) is 4.97. The molecule has 1 rings (SSSR count). The molecule has 0 radical (unpaired) electrons. The van der Waals surface area contributed by atoms with E-state index in [2.05, 4.69) is 0 Å². The second kappa shape index (κ2) is 6.26. The second-order valence-electron chi connectivity index (χ2n) is 4.29. The van der Waals surface area contributed by atoms with Gasteiger partial charge in [-0.05, 0) is 32.0 Å². The lowest BCUT2D eigenvalue weighted by Gasteiger charge is -2.26. The molecule has 2 N–H and O–H groups in total. The van der Waals surface area contributed by atoms with E-state index in [1.807, 2.05) is 13.8 Å². The number of phenolic OH excluding ortho intramolecular Hbond substituents is 2. The third kappa shape index (κ3) is 3.37. The zero-order valence-electron chi connectivity index (χ0n) is 10.9. The minimum Gasteiger partial charge on any atom is -0.508 e. The summed E-state index contributed by atoms with van der Waals surface area (Å²) >= 11 is 0. The van der Waals surface area contributed by atoms with Crippen LogP contribution in [0.25, 0.3) is 0 Å². The lowest BCUT2D eigenvalue weighted by Crippen LogP contribution is -2.39. The fourth-order valence-corrected chi connectivity index (χ4v) is 1.63. The van der Waals surface area contributed by atoms with Crippen molar-refractivity contribution < 1.29 is 19.7 Å². The molecule has 0 spiro atoms. The van der Waals surface area contributed by atoms with Gasteiger partial charge < -0.3 is 19.8 Å². The van der Waals surface area contributed by atoms with Gasteiger partial charge in [0.15, 0.2) is 0 Å². The molecule has 0 heterocycles. The Morgan fingerprint density at radius 1 is 1.39 bits per heavy atom. The van der Waals surface area contributed by atoms with Gasteiger partial charge in [0.2, 0.25) is 0 Å². The van der Waals surface area contributed by atoms with Gasteiger partial charge in [-0.2, -0.15) is 0 Å². The number of phenols is 2. The van der Waals surface area contributed by atoms with Crippen molar-refractivity contribution in [3.63, 3.8) is 0 Å². The van der Waals surface area contributed by atoms with Gasteiger partial charge in [-0.3, -0.25) is 4.79 Å². The average molecular weight is 253 g/mol. The molecule has 5 heteroatoms. The molecular weight excluding hydrogens is 234 g/mol. The third-order valence-corrected chi connectivity index (χ3v) is 2.63. The minimum absolute atomic E-state index is 0.0191. The molecule has 0 saturated carbocycles. The number of carbonyl (C=O) groups is 1. The average Bonchev–Trinajstić information content (AvgIpc) is 2.32. The lowest BCUT2D eigenvalue weighted by atomic mass is 10.1. The number of nitrogens with zero attached hydrogens (tertiary/aromatic N) is 1. The summed E-state index contributed by atoms with van der Waals surface area (Å²) < 4.78 is 4.96. The van der Waals surface area contributed by atoms with Crippen LogP contribution in [0.2, 0.25) is 0 Å². The molecule has 5 nitrogen and oxygen atoms in total. The molecule has 0 atom stereocenters. The van der Waals surface area contributed by atoms with Crippen LogP contribution in [0.3, 0.4) is 0 Å². The van der Waals surface area contributed by atoms with Crippen LogP contribution in [0.1, 0.15) is 24.2 Å². The molecular formula is C13H19NO4. The van der Waals surface area contributed by atoms with E-state index in [1.165, 1.54) is 18.2 Å². The maximum atomic E-state index is 12.3. The molecule has 0 saturated heterocycles. The predicted octanol–water partition coefficient (Wildman–Crippen LogP) is 1.59. The summed E-state index contributed by atoms with van der Waals surface area (Å²) in [4.78, 5) is 13.8. The van der Waals surface area contributed by atoms with Crippen molar-refractivity contribution in [1.82, 2.24) is 4.90 Å². The van der Waals surface area contributed by atoms with E-state index in [4.69, 9.17) is 4.74 Å². The largest absolute Gasteiger partial charge is 0.508 e. The SMILES string of the molecule is COCCN(C(=O)c1cc(O)ccc1O)C(C)C. The Morgan fingerprint density at radius 3 is 2.61 bits per heavy atom. The van der Waals surface area contributed by atoms with E-state index in [-0.39, 0.29) is 29.0 Å². The summed E-state index contributed by atoms with van der Waals surface area (Å²) in [6.45, 7) is 4.62. The Bertz CT molecular complexity index is 417. The van der Waals surface area contributed by atoms with Crippen molar-refractivity contribution in [1.29, 1.82) is 0 Å². The first kappa shape index (κ1) is 14.3. The maximum Gasteiger partial charge on any atom is 0.258 e. The summed E-state index contributed by atoms with van der Waals surface area (Å²) in [7, 11) is 1.56.